The van der Waals surface area contributed by atoms with E-state index in [2.05, 4.69) is 16.4 Å². The van der Waals surface area contributed by atoms with Gasteiger partial charge < -0.3 is 10.1 Å². The van der Waals surface area contributed by atoms with Crippen molar-refractivity contribution in [1.29, 1.82) is 5.26 Å². The van der Waals surface area contributed by atoms with Crippen molar-refractivity contribution in [2.24, 2.45) is 0 Å². The van der Waals surface area contributed by atoms with Crippen LogP contribution in [0.1, 0.15) is 31.2 Å². The normalized spacial score (nSPS) is 25.2. The Balaban J connectivity index is 1.61. The van der Waals surface area contributed by atoms with Crippen molar-refractivity contribution in [3.63, 3.8) is 0 Å². The number of nitrogens with one attached hydrogen (secondary N) is 1. The Kier molecular flexibility index (Phi) is 4.13. The molecule has 0 aliphatic carbocycles. The Morgan fingerprint density at radius 3 is 2.67 bits per heavy atom. The van der Waals surface area contributed by atoms with Crippen LogP contribution in [0.25, 0.3) is 11.3 Å². The molecule has 5 heteroatoms. The van der Waals surface area contributed by atoms with Gasteiger partial charge in [-0.3, -0.25) is 0 Å². The first-order valence-electron chi connectivity index (χ1n) is 8.31. The van der Waals surface area contributed by atoms with Gasteiger partial charge in [-0.15, -0.1) is 0 Å². The Morgan fingerprint density at radius 2 is 1.92 bits per heavy atom. The monoisotopic (exact) mass is 339 g/mol. The molecule has 0 unspecified atom stereocenters. The van der Waals surface area contributed by atoms with Crippen LogP contribution in [0.2, 0.25) is 5.02 Å². The molecule has 2 fully saturated rings. The molecule has 0 spiro atoms. The van der Waals surface area contributed by atoms with Crippen LogP contribution in [-0.4, -0.2) is 23.2 Å². The number of hydrogen-bond donors (Lipinski definition) is 1. The third-order valence-corrected chi connectivity index (χ3v) is 5.03. The summed E-state index contributed by atoms with van der Waals surface area (Å²) in [5.41, 5.74) is 2.03. The third-order valence-electron chi connectivity index (χ3n) is 4.81. The molecule has 1 aromatic heterocycles. The second kappa shape index (κ2) is 6.43. The number of ether oxygens (including phenoxy) is 1. The van der Waals surface area contributed by atoms with Crippen LogP contribution >= 0.6 is 11.6 Å². The van der Waals surface area contributed by atoms with Crippen LogP contribution < -0.4 is 10.1 Å². The number of piperidine rings is 1. The van der Waals surface area contributed by atoms with Crippen LogP contribution in [-0.2, 0) is 0 Å². The minimum Gasteiger partial charge on any atom is -0.474 e. The second-order valence-electron chi connectivity index (χ2n) is 6.52. The van der Waals surface area contributed by atoms with Gasteiger partial charge in [0.1, 0.15) is 6.10 Å². The third kappa shape index (κ3) is 3.10. The highest BCUT2D eigenvalue weighted by Gasteiger charge is 2.34. The van der Waals surface area contributed by atoms with E-state index in [1.54, 1.807) is 18.2 Å². The minimum absolute atomic E-state index is 0.175. The molecular formula is C19H18ClN3O. The molecule has 2 saturated heterocycles. The number of hydrogen-bond acceptors (Lipinski definition) is 4. The zero-order valence-corrected chi connectivity index (χ0v) is 14.0. The first-order chi connectivity index (χ1) is 11.7. The summed E-state index contributed by atoms with van der Waals surface area (Å²) in [6.07, 6.45) is 4.65. The predicted molar refractivity (Wildman–Crippen MR) is 93.0 cm³/mol. The number of nitrogens with zero attached hydrogens (tertiary/aromatic N) is 2. The summed E-state index contributed by atoms with van der Waals surface area (Å²) < 4.78 is 6.13. The van der Waals surface area contributed by atoms with E-state index in [1.165, 1.54) is 12.8 Å². The molecule has 4 nitrogen and oxygen atoms in total. The molecular weight excluding hydrogens is 322 g/mol. The molecule has 2 atom stereocenters. The van der Waals surface area contributed by atoms with Gasteiger partial charge in [0.15, 0.2) is 0 Å². The summed E-state index contributed by atoms with van der Waals surface area (Å²) in [5.74, 6) is 0.538. The number of rotatable bonds is 3. The largest absolute Gasteiger partial charge is 0.474 e. The quantitative estimate of drug-likeness (QED) is 0.920. The molecule has 3 heterocycles. The number of fused-ring (bicyclic) bond motifs is 2. The highest BCUT2D eigenvalue weighted by molar-refractivity contribution is 6.30. The summed E-state index contributed by atoms with van der Waals surface area (Å²) in [6, 6.07) is 14.3. The van der Waals surface area contributed by atoms with Crippen LogP contribution in [0.5, 0.6) is 5.88 Å². The minimum atomic E-state index is 0.175. The molecule has 2 bridgehead atoms. The standard InChI is InChI=1S/C19H18ClN3O/c20-13-7-18(17-4-2-1-3-12(17)11-21)23-19(8-13)24-16-9-14-5-6-15(10-16)22-14/h1-4,7-8,14-16,22H,5-6,9-10H2/t14-,15-/m1/s1. The summed E-state index contributed by atoms with van der Waals surface area (Å²) in [5, 5.41) is 13.5. The van der Waals surface area contributed by atoms with Crippen LogP contribution in [0.15, 0.2) is 36.4 Å². The van der Waals surface area contributed by atoms with Crippen molar-refractivity contribution < 1.29 is 4.74 Å². The zero-order chi connectivity index (χ0) is 16.5. The highest BCUT2D eigenvalue weighted by atomic mass is 35.5. The second-order valence-corrected chi connectivity index (χ2v) is 6.95. The molecule has 1 N–H and O–H groups in total. The molecule has 2 aliphatic rings. The van der Waals surface area contributed by atoms with Crippen molar-refractivity contribution in [3.8, 4) is 23.2 Å². The van der Waals surface area contributed by atoms with Crippen molar-refractivity contribution in [2.45, 2.75) is 43.9 Å². The maximum atomic E-state index is 9.30. The Bertz CT molecular complexity index is 789. The fraction of sp³-hybridized carbons (Fsp3) is 0.368. The van der Waals surface area contributed by atoms with Crippen molar-refractivity contribution in [3.05, 3.63) is 47.0 Å². The van der Waals surface area contributed by atoms with Gasteiger partial charge in [-0.05, 0) is 37.8 Å². The van der Waals surface area contributed by atoms with Gasteiger partial charge in [0.05, 0.1) is 17.3 Å². The van der Waals surface area contributed by atoms with Gasteiger partial charge in [-0.2, -0.15) is 5.26 Å². The Labute approximate surface area is 146 Å². The van der Waals surface area contributed by atoms with Gasteiger partial charge in [-0.1, -0.05) is 29.8 Å². The molecule has 1 aromatic carbocycles. The Hall–Kier alpha value is -2.09. The van der Waals surface area contributed by atoms with E-state index in [1.807, 2.05) is 18.2 Å². The van der Waals surface area contributed by atoms with Gasteiger partial charge >= 0.3 is 0 Å². The number of halogens is 1. The smallest absolute Gasteiger partial charge is 0.215 e. The van der Waals surface area contributed by atoms with Crippen molar-refractivity contribution in [1.82, 2.24) is 10.3 Å². The van der Waals surface area contributed by atoms with E-state index in [0.29, 0.717) is 34.2 Å². The molecule has 2 aromatic rings. The molecule has 0 saturated carbocycles. The fourth-order valence-electron chi connectivity index (χ4n) is 3.75. The average molecular weight is 340 g/mol. The Morgan fingerprint density at radius 1 is 1.17 bits per heavy atom. The highest BCUT2D eigenvalue weighted by Crippen LogP contribution is 2.31. The lowest BCUT2D eigenvalue weighted by molar-refractivity contribution is 0.132. The predicted octanol–water partition coefficient (Wildman–Crippen LogP) is 3.94. The lowest BCUT2D eigenvalue weighted by atomic mass is 10.0. The molecule has 24 heavy (non-hydrogen) atoms. The van der Waals surface area contributed by atoms with E-state index >= 15 is 0 Å². The summed E-state index contributed by atoms with van der Waals surface area (Å²) in [4.78, 5) is 4.60. The van der Waals surface area contributed by atoms with E-state index in [9.17, 15) is 5.26 Å². The number of benzene rings is 1. The molecule has 4 rings (SSSR count). The molecule has 0 amide bonds. The van der Waals surface area contributed by atoms with Gasteiger partial charge in [0.25, 0.3) is 0 Å². The lowest BCUT2D eigenvalue weighted by Gasteiger charge is -2.29. The van der Waals surface area contributed by atoms with E-state index in [0.717, 1.165) is 18.4 Å². The van der Waals surface area contributed by atoms with Crippen LogP contribution in [0, 0.1) is 11.3 Å². The van der Waals surface area contributed by atoms with Crippen LogP contribution in [0.4, 0.5) is 0 Å². The van der Waals surface area contributed by atoms with E-state index in [4.69, 9.17) is 16.3 Å². The van der Waals surface area contributed by atoms with E-state index < -0.39 is 0 Å². The number of aromatic nitrogens is 1. The lowest BCUT2D eigenvalue weighted by Crippen LogP contribution is -2.42. The number of nitriles is 1. The van der Waals surface area contributed by atoms with Crippen LogP contribution in [0.3, 0.4) is 0 Å². The maximum absolute atomic E-state index is 9.30. The van der Waals surface area contributed by atoms with E-state index in [-0.39, 0.29) is 6.10 Å². The van der Waals surface area contributed by atoms with Gasteiger partial charge in [0, 0.05) is 28.7 Å². The molecule has 2 aliphatic heterocycles. The zero-order valence-electron chi connectivity index (χ0n) is 13.2. The summed E-state index contributed by atoms with van der Waals surface area (Å²) >= 11 is 6.27. The SMILES string of the molecule is N#Cc1ccccc1-c1cc(Cl)cc(OC2C[C@H]3CC[C@H](C2)N3)n1. The van der Waals surface area contributed by atoms with Gasteiger partial charge in [0.2, 0.25) is 5.88 Å². The fourth-order valence-corrected chi connectivity index (χ4v) is 3.94. The topological polar surface area (TPSA) is 57.9 Å². The summed E-state index contributed by atoms with van der Waals surface area (Å²) in [7, 11) is 0. The van der Waals surface area contributed by atoms with Gasteiger partial charge in [-0.25, -0.2) is 4.98 Å². The van der Waals surface area contributed by atoms with Crippen molar-refractivity contribution >= 4 is 11.6 Å². The average Bonchev–Trinajstić information content (AvgIpc) is 2.93. The van der Waals surface area contributed by atoms with Crippen molar-refractivity contribution in [2.75, 3.05) is 0 Å². The first-order valence-corrected chi connectivity index (χ1v) is 8.69. The first kappa shape index (κ1) is 15.4. The molecule has 0 radical (unpaired) electrons. The number of pyridine rings is 1. The molecule has 122 valence electrons. The summed E-state index contributed by atoms with van der Waals surface area (Å²) in [6.45, 7) is 0. The maximum Gasteiger partial charge on any atom is 0.215 e.